The van der Waals surface area contributed by atoms with Crippen LogP contribution < -0.4 is 0 Å². The molecule has 0 saturated carbocycles. The number of halogens is 1. The molecule has 21 heavy (non-hydrogen) atoms. The Morgan fingerprint density at radius 2 is 1.90 bits per heavy atom. The molecule has 0 aliphatic carbocycles. The van der Waals surface area contributed by atoms with Gasteiger partial charge in [-0.3, -0.25) is 9.59 Å². The Morgan fingerprint density at radius 1 is 1.24 bits per heavy atom. The number of thiazole rings is 1. The van der Waals surface area contributed by atoms with Gasteiger partial charge in [0.05, 0.1) is 29.7 Å². The number of hydrogen-bond donors (Lipinski definition) is 0. The Morgan fingerprint density at radius 3 is 2.48 bits per heavy atom. The van der Waals surface area contributed by atoms with Crippen LogP contribution in [0.2, 0.25) is 0 Å². The molecule has 0 spiro atoms. The van der Waals surface area contributed by atoms with E-state index in [1.165, 1.54) is 0 Å². The van der Waals surface area contributed by atoms with Crippen LogP contribution in [0, 0.1) is 0 Å². The zero-order chi connectivity index (χ0) is 15.2. The quantitative estimate of drug-likeness (QED) is 0.718. The summed E-state index contributed by atoms with van der Waals surface area (Å²) in [5.74, 6) is 0.529. The van der Waals surface area contributed by atoms with Crippen LogP contribution in [-0.2, 0) is 21.9 Å². The van der Waals surface area contributed by atoms with Crippen LogP contribution in [-0.4, -0.2) is 52.8 Å². The number of amides is 2. The van der Waals surface area contributed by atoms with Crippen LogP contribution in [0.4, 0.5) is 0 Å². The van der Waals surface area contributed by atoms with Gasteiger partial charge in [-0.15, -0.1) is 22.9 Å². The summed E-state index contributed by atoms with van der Waals surface area (Å²) >= 11 is 7.31. The van der Waals surface area contributed by atoms with Crippen LogP contribution >= 0.6 is 22.9 Å². The number of carbonyl (C=O) groups is 2. The fraction of sp³-hybridized carbons (Fsp3) is 0.643. The molecule has 0 radical (unpaired) electrons. The summed E-state index contributed by atoms with van der Waals surface area (Å²) in [6.45, 7) is 3.72. The molecular formula is C14H20ClN3O2S. The van der Waals surface area contributed by atoms with E-state index >= 15 is 0 Å². The molecule has 1 aliphatic rings. The molecule has 2 rings (SSSR count). The predicted octanol–water partition coefficient (Wildman–Crippen LogP) is 1.90. The van der Waals surface area contributed by atoms with E-state index in [2.05, 4.69) is 4.98 Å². The Balaban J connectivity index is 1.78. The standard InChI is InChI=1S/C14H20ClN3O2S/c1-2-5-17-8-14(20)18(9-13(17)19)6-3-4-12-16-11(7-15)10-21-12/h10H,2-9H2,1H3. The molecule has 1 aromatic rings. The molecule has 0 N–H and O–H groups in total. The molecule has 116 valence electrons. The van der Waals surface area contributed by atoms with E-state index in [9.17, 15) is 9.59 Å². The Bertz CT molecular complexity index is 506. The van der Waals surface area contributed by atoms with Crippen molar-refractivity contribution in [1.82, 2.24) is 14.8 Å². The van der Waals surface area contributed by atoms with Crippen molar-refractivity contribution in [2.45, 2.75) is 32.1 Å². The molecule has 1 aromatic heterocycles. The lowest BCUT2D eigenvalue weighted by Gasteiger charge is -2.33. The Hall–Kier alpha value is -1.14. The maximum Gasteiger partial charge on any atom is 0.242 e. The van der Waals surface area contributed by atoms with Gasteiger partial charge in [0.25, 0.3) is 0 Å². The third-order valence-electron chi connectivity index (χ3n) is 3.41. The molecule has 1 saturated heterocycles. The highest BCUT2D eigenvalue weighted by molar-refractivity contribution is 7.09. The van der Waals surface area contributed by atoms with Crippen molar-refractivity contribution in [2.24, 2.45) is 0 Å². The van der Waals surface area contributed by atoms with Crippen molar-refractivity contribution < 1.29 is 9.59 Å². The minimum atomic E-state index is 0.0450. The third kappa shape index (κ3) is 4.41. The second-order valence-corrected chi connectivity index (χ2v) is 6.31. The highest BCUT2D eigenvalue weighted by Gasteiger charge is 2.28. The molecule has 7 heteroatoms. The van der Waals surface area contributed by atoms with Crippen molar-refractivity contribution >= 4 is 34.8 Å². The number of aryl methyl sites for hydroxylation is 1. The van der Waals surface area contributed by atoms with E-state index in [1.807, 2.05) is 12.3 Å². The number of rotatable bonds is 7. The first-order chi connectivity index (χ1) is 10.1. The maximum atomic E-state index is 12.0. The van der Waals surface area contributed by atoms with Gasteiger partial charge in [-0.1, -0.05) is 6.92 Å². The molecule has 0 unspecified atom stereocenters. The van der Waals surface area contributed by atoms with Crippen molar-refractivity contribution in [3.05, 3.63) is 16.1 Å². The SMILES string of the molecule is CCCN1CC(=O)N(CCCc2nc(CCl)cs2)CC1=O. The summed E-state index contributed by atoms with van der Waals surface area (Å²) in [6.07, 6.45) is 2.52. The summed E-state index contributed by atoms with van der Waals surface area (Å²) in [5.41, 5.74) is 0.899. The second kappa shape index (κ2) is 7.75. The Labute approximate surface area is 133 Å². The van der Waals surface area contributed by atoms with Crippen molar-refractivity contribution in [1.29, 1.82) is 0 Å². The number of nitrogens with zero attached hydrogens (tertiary/aromatic N) is 3. The normalized spacial score (nSPS) is 15.9. The Kier molecular flexibility index (Phi) is 5.99. The van der Waals surface area contributed by atoms with Crippen molar-refractivity contribution in [3.63, 3.8) is 0 Å². The minimum absolute atomic E-state index is 0.0450. The lowest BCUT2D eigenvalue weighted by molar-refractivity contribution is -0.150. The summed E-state index contributed by atoms with van der Waals surface area (Å²) in [4.78, 5) is 31.6. The summed E-state index contributed by atoms with van der Waals surface area (Å²) in [6, 6.07) is 0. The molecule has 2 heterocycles. The van der Waals surface area contributed by atoms with E-state index in [1.54, 1.807) is 21.1 Å². The maximum absolute atomic E-state index is 12.0. The van der Waals surface area contributed by atoms with Crippen molar-refractivity contribution in [2.75, 3.05) is 26.2 Å². The van der Waals surface area contributed by atoms with Crippen LogP contribution in [0.3, 0.4) is 0 Å². The number of piperazine rings is 1. The van der Waals surface area contributed by atoms with Crippen LogP contribution in [0.5, 0.6) is 0 Å². The number of aromatic nitrogens is 1. The van der Waals surface area contributed by atoms with Crippen LogP contribution in [0.25, 0.3) is 0 Å². The van der Waals surface area contributed by atoms with Gasteiger partial charge in [-0.25, -0.2) is 4.98 Å². The molecule has 1 fully saturated rings. The molecular weight excluding hydrogens is 310 g/mol. The first kappa shape index (κ1) is 16.2. The van der Waals surface area contributed by atoms with E-state index in [4.69, 9.17) is 11.6 Å². The minimum Gasteiger partial charge on any atom is -0.332 e. The van der Waals surface area contributed by atoms with E-state index in [-0.39, 0.29) is 24.9 Å². The average Bonchev–Trinajstić information content (AvgIpc) is 2.92. The van der Waals surface area contributed by atoms with Gasteiger partial charge in [-0.2, -0.15) is 0 Å². The number of hydrogen-bond acceptors (Lipinski definition) is 4. The lowest BCUT2D eigenvalue weighted by Crippen LogP contribution is -2.54. The lowest BCUT2D eigenvalue weighted by atomic mass is 10.2. The van der Waals surface area contributed by atoms with Gasteiger partial charge in [0.2, 0.25) is 11.8 Å². The van der Waals surface area contributed by atoms with Gasteiger partial charge >= 0.3 is 0 Å². The first-order valence-corrected chi connectivity index (χ1v) is 8.60. The molecule has 1 aliphatic heterocycles. The highest BCUT2D eigenvalue weighted by atomic mass is 35.5. The zero-order valence-electron chi connectivity index (χ0n) is 12.2. The monoisotopic (exact) mass is 329 g/mol. The number of carbonyl (C=O) groups excluding carboxylic acids is 2. The second-order valence-electron chi connectivity index (χ2n) is 5.10. The summed E-state index contributed by atoms with van der Waals surface area (Å²) in [5, 5.41) is 3.00. The van der Waals surface area contributed by atoms with Gasteiger partial charge in [-0.05, 0) is 12.8 Å². The number of alkyl halides is 1. The molecule has 5 nitrogen and oxygen atoms in total. The topological polar surface area (TPSA) is 53.5 Å². The van der Waals surface area contributed by atoms with Crippen molar-refractivity contribution in [3.8, 4) is 0 Å². The van der Waals surface area contributed by atoms with Gasteiger partial charge in [0.15, 0.2) is 0 Å². The fourth-order valence-corrected chi connectivity index (χ4v) is 3.40. The third-order valence-corrected chi connectivity index (χ3v) is 4.64. The van der Waals surface area contributed by atoms with E-state index in [0.717, 1.165) is 30.0 Å². The van der Waals surface area contributed by atoms with E-state index < -0.39 is 0 Å². The summed E-state index contributed by atoms with van der Waals surface area (Å²) < 4.78 is 0. The largest absolute Gasteiger partial charge is 0.332 e. The molecule has 0 bridgehead atoms. The molecule has 0 atom stereocenters. The van der Waals surface area contributed by atoms with Crippen LogP contribution in [0.1, 0.15) is 30.5 Å². The highest BCUT2D eigenvalue weighted by Crippen LogP contribution is 2.14. The van der Waals surface area contributed by atoms with Crippen LogP contribution in [0.15, 0.2) is 5.38 Å². The first-order valence-electron chi connectivity index (χ1n) is 7.18. The van der Waals surface area contributed by atoms with Gasteiger partial charge in [0.1, 0.15) is 0 Å². The van der Waals surface area contributed by atoms with Gasteiger partial charge < -0.3 is 9.80 Å². The molecule has 2 amide bonds. The molecule has 0 aromatic carbocycles. The smallest absolute Gasteiger partial charge is 0.242 e. The fourth-order valence-electron chi connectivity index (χ4n) is 2.33. The van der Waals surface area contributed by atoms with E-state index in [0.29, 0.717) is 19.0 Å². The summed E-state index contributed by atoms with van der Waals surface area (Å²) in [7, 11) is 0. The van der Waals surface area contributed by atoms with Gasteiger partial charge in [0, 0.05) is 24.9 Å². The average molecular weight is 330 g/mol. The predicted molar refractivity (Wildman–Crippen MR) is 83.4 cm³/mol. The zero-order valence-corrected chi connectivity index (χ0v) is 13.8.